The number of thioether (sulfide) groups is 1. The Balaban J connectivity index is 1.27. The fourth-order valence-corrected chi connectivity index (χ4v) is 7.45. The van der Waals surface area contributed by atoms with Crippen LogP contribution in [0.3, 0.4) is 0 Å². The van der Waals surface area contributed by atoms with E-state index in [4.69, 9.17) is 9.73 Å². The molecular formula is C34H23Br2N5O4S. The summed E-state index contributed by atoms with van der Waals surface area (Å²) in [7, 11) is 0. The zero-order valence-corrected chi connectivity index (χ0v) is 27.9. The Morgan fingerprint density at radius 2 is 1.74 bits per heavy atom. The number of amides is 1. The number of nitro groups is 1. The van der Waals surface area contributed by atoms with Gasteiger partial charge in [0.25, 0.3) is 11.6 Å². The van der Waals surface area contributed by atoms with E-state index in [9.17, 15) is 20.2 Å². The highest BCUT2D eigenvalue weighted by Crippen LogP contribution is 2.39. The first kappa shape index (κ1) is 31.3. The van der Waals surface area contributed by atoms with E-state index < -0.39 is 4.92 Å². The van der Waals surface area contributed by atoms with Crippen LogP contribution in [0.15, 0.2) is 110 Å². The second kappa shape index (κ2) is 13.7. The average Bonchev–Trinajstić information content (AvgIpc) is 3.59. The fourth-order valence-electron chi connectivity index (χ4n) is 4.98. The van der Waals surface area contributed by atoms with Gasteiger partial charge in [-0.15, -0.1) is 0 Å². The average molecular weight is 757 g/mol. The van der Waals surface area contributed by atoms with Gasteiger partial charge in [0.15, 0.2) is 5.17 Å². The van der Waals surface area contributed by atoms with E-state index >= 15 is 0 Å². The molecule has 1 fully saturated rings. The molecule has 0 bridgehead atoms. The molecule has 1 aliphatic rings. The lowest BCUT2D eigenvalue weighted by Crippen LogP contribution is -2.31. The molecule has 5 aromatic rings. The number of fused-ring (bicyclic) bond motifs is 1. The minimum atomic E-state index is -0.461. The van der Waals surface area contributed by atoms with Crippen molar-refractivity contribution in [1.82, 2.24) is 9.88 Å². The molecule has 0 unspecified atom stereocenters. The highest BCUT2D eigenvalue weighted by atomic mass is 79.9. The van der Waals surface area contributed by atoms with Crippen LogP contribution in [0.25, 0.3) is 17.0 Å². The third-order valence-corrected chi connectivity index (χ3v) is 9.47. The summed E-state index contributed by atoms with van der Waals surface area (Å²) in [6.07, 6.45) is 4.36. The Bertz CT molecular complexity index is 2060. The van der Waals surface area contributed by atoms with Gasteiger partial charge < -0.3 is 9.72 Å². The molecule has 228 valence electrons. The maximum Gasteiger partial charge on any atom is 0.269 e. The molecule has 1 saturated heterocycles. The first-order valence-corrected chi connectivity index (χ1v) is 16.4. The Morgan fingerprint density at radius 1 is 1.02 bits per heavy atom. The number of nitrogens with one attached hydrogen (secondary N) is 1. The lowest BCUT2D eigenvalue weighted by Gasteiger charge is -2.15. The molecule has 1 aromatic heterocycles. The van der Waals surface area contributed by atoms with Crippen molar-refractivity contribution in [3.63, 3.8) is 0 Å². The van der Waals surface area contributed by atoms with Gasteiger partial charge in [0.2, 0.25) is 0 Å². The van der Waals surface area contributed by atoms with Crippen molar-refractivity contribution in [2.24, 2.45) is 4.99 Å². The summed E-state index contributed by atoms with van der Waals surface area (Å²) < 4.78 is 7.41. The number of benzene rings is 4. The number of nitro benzene ring substituents is 1. The monoisotopic (exact) mass is 755 g/mol. The number of carbonyl (C=O) groups excluding carboxylic acids is 1. The van der Waals surface area contributed by atoms with Gasteiger partial charge in [-0.2, -0.15) is 5.26 Å². The zero-order valence-electron chi connectivity index (χ0n) is 23.9. The van der Waals surface area contributed by atoms with Crippen LogP contribution in [0.4, 0.5) is 11.4 Å². The van der Waals surface area contributed by atoms with Crippen LogP contribution in [0, 0.1) is 21.4 Å². The topological polar surface area (TPSA) is 125 Å². The Labute approximate surface area is 285 Å². The molecule has 1 aliphatic heterocycles. The van der Waals surface area contributed by atoms with Crippen molar-refractivity contribution in [1.29, 1.82) is 5.26 Å². The lowest BCUT2D eigenvalue weighted by molar-refractivity contribution is -0.384. The van der Waals surface area contributed by atoms with Gasteiger partial charge in [-0.3, -0.25) is 19.8 Å². The number of aliphatic imine (C=N–C) groups is 1. The van der Waals surface area contributed by atoms with Crippen molar-refractivity contribution < 1.29 is 14.5 Å². The smallest absolute Gasteiger partial charge is 0.269 e. The van der Waals surface area contributed by atoms with E-state index in [2.05, 4.69) is 42.9 Å². The molecule has 46 heavy (non-hydrogen) atoms. The van der Waals surface area contributed by atoms with E-state index in [1.807, 2.05) is 60.8 Å². The molecule has 0 spiro atoms. The first-order valence-electron chi connectivity index (χ1n) is 14.0. The standard InChI is InChI=1S/C34H23Br2N5O4S/c35-28-15-21(16-29(36)32(28)45-20-24-6-2-1-5-22(24)18-37)17-31-33(42)40(14-13-23-19-38-30-8-4-3-7-27(23)30)34(46-31)39-25-9-11-26(12-10-25)41(43)44/h1-12,15-17,19,38H,13-14,20H2/b31-17-,39-34?. The van der Waals surface area contributed by atoms with Gasteiger partial charge >= 0.3 is 0 Å². The number of aromatic amines is 1. The van der Waals surface area contributed by atoms with Gasteiger partial charge in [-0.25, -0.2) is 4.99 Å². The summed E-state index contributed by atoms with van der Waals surface area (Å²) in [5, 5.41) is 22.1. The number of hydrogen-bond donors (Lipinski definition) is 1. The van der Waals surface area contributed by atoms with E-state index in [1.165, 1.54) is 23.9 Å². The third-order valence-electron chi connectivity index (χ3n) is 7.28. The highest BCUT2D eigenvalue weighted by molar-refractivity contribution is 9.11. The van der Waals surface area contributed by atoms with Gasteiger partial charge in [-0.05, 0) is 104 Å². The number of amidine groups is 1. The van der Waals surface area contributed by atoms with Gasteiger partial charge in [-0.1, -0.05) is 36.4 Å². The predicted molar refractivity (Wildman–Crippen MR) is 187 cm³/mol. The summed E-state index contributed by atoms with van der Waals surface area (Å²) >= 11 is 8.44. The maximum atomic E-state index is 13.8. The predicted octanol–water partition coefficient (Wildman–Crippen LogP) is 8.90. The molecule has 6 rings (SSSR count). The van der Waals surface area contributed by atoms with E-state index in [0.717, 1.165) is 27.6 Å². The lowest BCUT2D eigenvalue weighted by atomic mass is 10.1. The first-order chi connectivity index (χ1) is 22.3. The number of H-pyrrole nitrogens is 1. The molecule has 12 heteroatoms. The van der Waals surface area contributed by atoms with Crippen LogP contribution in [0.5, 0.6) is 5.75 Å². The quantitative estimate of drug-likeness (QED) is 0.0910. The highest BCUT2D eigenvalue weighted by Gasteiger charge is 2.33. The molecule has 2 heterocycles. The van der Waals surface area contributed by atoms with Crippen molar-refractivity contribution in [2.45, 2.75) is 13.0 Å². The number of non-ortho nitro benzene ring substituents is 1. The number of nitrogens with zero attached hydrogens (tertiary/aromatic N) is 4. The minimum Gasteiger partial charge on any atom is -0.486 e. The number of rotatable bonds is 9. The summed E-state index contributed by atoms with van der Waals surface area (Å²) in [4.78, 5) is 34.6. The third kappa shape index (κ3) is 6.77. The fraction of sp³-hybridized carbons (Fsp3) is 0.0882. The van der Waals surface area contributed by atoms with Crippen molar-refractivity contribution in [2.75, 3.05) is 6.54 Å². The molecule has 0 saturated carbocycles. The van der Waals surface area contributed by atoms with Crippen molar-refractivity contribution >= 4 is 83.1 Å². The molecule has 1 amide bonds. The summed E-state index contributed by atoms with van der Waals surface area (Å²) in [6.45, 7) is 0.602. The normalized spacial score (nSPS) is 14.7. The van der Waals surface area contributed by atoms with Gasteiger partial charge in [0.1, 0.15) is 12.4 Å². The number of halogens is 2. The van der Waals surface area contributed by atoms with Crippen LogP contribution in [0.1, 0.15) is 22.3 Å². The van der Waals surface area contributed by atoms with E-state index in [0.29, 0.717) is 49.0 Å². The number of para-hydroxylation sites is 1. The summed E-state index contributed by atoms with van der Waals surface area (Å²) in [5.41, 5.74) is 4.66. The van der Waals surface area contributed by atoms with Gasteiger partial charge in [0.05, 0.1) is 36.1 Å². The second-order valence-corrected chi connectivity index (χ2v) is 12.9. The Hall–Kier alpha value is -4.70. The maximum absolute atomic E-state index is 13.8. The molecule has 4 aromatic carbocycles. The van der Waals surface area contributed by atoms with E-state index in [1.54, 1.807) is 29.2 Å². The van der Waals surface area contributed by atoms with Crippen LogP contribution < -0.4 is 4.74 Å². The van der Waals surface area contributed by atoms with E-state index in [-0.39, 0.29) is 18.2 Å². The number of carbonyl (C=O) groups is 1. The van der Waals surface area contributed by atoms with Gasteiger partial charge in [0, 0.05) is 41.3 Å². The van der Waals surface area contributed by atoms with Crippen molar-refractivity contribution in [3.8, 4) is 11.8 Å². The summed E-state index contributed by atoms with van der Waals surface area (Å²) in [6, 6.07) is 27.1. The molecule has 9 nitrogen and oxygen atoms in total. The Morgan fingerprint density at radius 3 is 2.48 bits per heavy atom. The SMILES string of the molecule is N#Cc1ccccc1COc1c(Br)cc(/C=C2\SC(=Nc3ccc([N+](=O)[O-])cc3)N(CCc3c[nH]c4ccccc34)C2=O)cc1Br. The molecular weight excluding hydrogens is 734 g/mol. The van der Waals surface area contributed by atoms with Crippen molar-refractivity contribution in [3.05, 3.63) is 137 Å². The Kier molecular flexibility index (Phi) is 9.35. The molecule has 0 aliphatic carbocycles. The summed E-state index contributed by atoms with van der Waals surface area (Å²) in [5.74, 6) is 0.382. The number of aromatic nitrogens is 1. The van der Waals surface area contributed by atoms with Crippen LogP contribution in [-0.4, -0.2) is 32.4 Å². The molecule has 0 atom stereocenters. The van der Waals surface area contributed by atoms with Crippen LogP contribution >= 0.6 is 43.6 Å². The number of hydrogen-bond acceptors (Lipinski definition) is 7. The number of ether oxygens (including phenoxy) is 1. The largest absolute Gasteiger partial charge is 0.486 e. The number of nitriles is 1. The second-order valence-electron chi connectivity index (χ2n) is 10.2. The molecule has 0 radical (unpaired) electrons. The zero-order chi connectivity index (χ0) is 32.2. The minimum absolute atomic E-state index is 0.0336. The van der Waals surface area contributed by atoms with Crippen LogP contribution in [0.2, 0.25) is 0 Å². The van der Waals surface area contributed by atoms with Crippen LogP contribution in [-0.2, 0) is 17.8 Å². The molecule has 1 N–H and O–H groups in total.